The first-order valence-electron chi connectivity index (χ1n) is 9.01. The van der Waals surface area contributed by atoms with Gasteiger partial charge in [0, 0.05) is 38.7 Å². The van der Waals surface area contributed by atoms with Crippen molar-refractivity contribution in [2.75, 3.05) is 32.1 Å². The summed E-state index contributed by atoms with van der Waals surface area (Å²) in [6.45, 7) is 1.66. The molecule has 1 saturated heterocycles. The van der Waals surface area contributed by atoms with E-state index in [4.69, 9.17) is 9.97 Å². The highest BCUT2D eigenvalue weighted by atomic mass is 32.1. The van der Waals surface area contributed by atoms with E-state index in [9.17, 15) is 9.18 Å². The van der Waals surface area contributed by atoms with Gasteiger partial charge in [0.05, 0.1) is 5.69 Å². The Morgan fingerprint density at radius 3 is 2.48 bits per heavy atom. The number of nitrogens with zero attached hydrogens (tertiary/aromatic N) is 4. The number of benzene rings is 1. The largest absolute Gasteiger partial charge is 0.349 e. The third-order valence-corrected chi connectivity index (χ3v) is 5.97. The molecule has 7 heteroatoms. The van der Waals surface area contributed by atoms with Crippen LogP contribution in [-0.2, 0) is 4.79 Å². The smallest absolute Gasteiger partial charge is 0.225 e. The fourth-order valence-corrected chi connectivity index (χ4v) is 4.40. The zero-order valence-electron chi connectivity index (χ0n) is 15.4. The number of aromatic nitrogens is 2. The van der Waals surface area contributed by atoms with Gasteiger partial charge in [0.25, 0.3) is 0 Å². The molecule has 3 heterocycles. The second kappa shape index (κ2) is 7.23. The minimum absolute atomic E-state index is 0.105. The number of halogens is 1. The molecule has 0 unspecified atom stereocenters. The molecular weight excluding hydrogens is 363 g/mol. The predicted octanol–water partition coefficient (Wildman–Crippen LogP) is 3.80. The Bertz CT molecular complexity index is 962. The topological polar surface area (TPSA) is 49.3 Å². The number of fused-ring (bicyclic) bond motifs is 1. The van der Waals surface area contributed by atoms with E-state index in [-0.39, 0.29) is 17.6 Å². The van der Waals surface area contributed by atoms with Crippen molar-refractivity contribution in [2.45, 2.75) is 12.8 Å². The van der Waals surface area contributed by atoms with Crippen LogP contribution < -0.4 is 4.90 Å². The molecule has 0 radical (unpaired) electrons. The molecule has 2 aromatic heterocycles. The molecule has 27 heavy (non-hydrogen) atoms. The lowest BCUT2D eigenvalue weighted by Gasteiger charge is -2.32. The van der Waals surface area contributed by atoms with E-state index >= 15 is 0 Å². The Labute approximate surface area is 161 Å². The lowest BCUT2D eigenvalue weighted by atomic mass is 9.96. The molecular formula is C20H21FN4OS. The number of carbonyl (C=O) groups is 1. The maximum atomic E-state index is 13.1. The molecule has 0 spiro atoms. The highest BCUT2D eigenvalue weighted by Crippen LogP contribution is 2.32. The normalized spacial score (nSPS) is 15.3. The van der Waals surface area contributed by atoms with Gasteiger partial charge in [-0.25, -0.2) is 14.4 Å². The molecule has 1 fully saturated rings. The van der Waals surface area contributed by atoms with Crippen LogP contribution in [0.3, 0.4) is 0 Å². The van der Waals surface area contributed by atoms with Crippen LogP contribution in [0.15, 0.2) is 36.4 Å². The van der Waals surface area contributed by atoms with Gasteiger partial charge in [-0.3, -0.25) is 4.79 Å². The Hall–Kier alpha value is -2.54. The van der Waals surface area contributed by atoms with Gasteiger partial charge in [0.1, 0.15) is 16.2 Å². The maximum absolute atomic E-state index is 13.1. The molecule has 140 valence electrons. The second-order valence-electron chi connectivity index (χ2n) is 7.02. The first-order chi connectivity index (χ1) is 13.0. The molecule has 1 aliphatic rings. The molecule has 1 aromatic carbocycles. The molecule has 0 saturated carbocycles. The number of thiazole rings is 1. The minimum Gasteiger partial charge on any atom is -0.349 e. The molecule has 0 N–H and O–H groups in total. The molecule has 0 atom stereocenters. The third-order valence-electron chi connectivity index (χ3n) is 4.94. The van der Waals surface area contributed by atoms with E-state index in [2.05, 4.69) is 4.90 Å². The van der Waals surface area contributed by atoms with Crippen LogP contribution in [0.4, 0.5) is 9.52 Å². The fraction of sp³-hybridized carbons (Fsp3) is 0.350. The average Bonchev–Trinajstić information content (AvgIpc) is 3.11. The SMILES string of the molecule is CN(C)C(=O)C1CCN(c2nc3ccc(-c4ccc(F)cc4)nc3s2)CC1. The Balaban J connectivity index is 1.52. The molecule has 0 aliphatic carbocycles. The summed E-state index contributed by atoms with van der Waals surface area (Å²) >= 11 is 1.57. The monoisotopic (exact) mass is 384 g/mol. The summed E-state index contributed by atoms with van der Waals surface area (Å²) in [6, 6.07) is 10.2. The van der Waals surface area contributed by atoms with Crippen molar-refractivity contribution < 1.29 is 9.18 Å². The van der Waals surface area contributed by atoms with E-state index in [1.165, 1.54) is 12.1 Å². The van der Waals surface area contributed by atoms with Gasteiger partial charge in [-0.1, -0.05) is 11.3 Å². The number of pyridine rings is 1. The Kier molecular flexibility index (Phi) is 4.78. The summed E-state index contributed by atoms with van der Waals surface area (Å²) in [5.41, 5.74) is 2.57. The Morgan fingerprint density at radius 2 is 1.81 bits per heavy atom. The van der Waals surface area contributed by atoms with Crippen molar-refractivity contribution in [1.82, 2.24) is 14.9 Å². The van der Waals surface area contributed by atoms with Crippen molar-refractivity contribution in [2.24, 2.45) is 5.92 Å². The molecule has 4 rings (SSSR count). The quantitative estimate of drug-likeness (QED) is 0.689. The van der Waals surface area contributed by atoms with Crippen molar-refractivity contribution in [3.05, 3.63) is 42.2 Å². The highest BCUT2D eigenvalue weighted by molar-refractivity contribution is 7.21. The number of rotatable bonds is 3. The van der Waals surface area contributed by atoms with E-state index in [1.54, 1.807) is 28.4 Å². The molecule has 1 aliphatic heterocycles. The van der Waals surface area contributed by atoms with Crippen molar-refractivity contribution in [3.8, 4) is 11.3 Å². The second-order valence-corrected chi connectivity index (χ2v) is 7.97. The van der Waals surface area contributed by atoms with Crippen LogP contribution >= 0.6 is 11.3 Å². The summed E-state index contributed by atoms with van der Waals surface area (Å²) < 4.78 is 13.1. The summed E-state index contributed by atoms with van der Waals surface area (Å²) in [7, 11) is 3.62. The molecule has 1 amide bonds. The van der Waals surface area contributed by atoms with E-state index in [1.807, 2.05) is 26.2 Å². The first kappa shape index (κ1) is 17.9. The van der Waals surface area contributed by atoms with Gasteiger partial charge in [0.15, 0.2) is 5.13 Å². The summed E-state index contributed by atoms with van der Waals surface area (Å²) in [5, 5.41) is 0.949. The number of piperidine rings is 1. The van der Waals surface area contributed by atoms with Crippen molar-refractivity contribution in [1.29, 1.82) is 0 Å². The average molecular weight is 384 g/mol. The maximum Gasteiger partial charge on any atom is 0.225 e. The highest BCUT2D eigenvalue weighted by Gasteiger charge is 2.27. The van der Waals surface area contributed by atoms with Crippen molar-refractivity contribution in [3.63, 3.8) is 0 Å². The van der Waals surface area contributed by atoms with E-state index in [0.717, 1.165) is 52.7 Å². The lowest BCUT2D eigenvalue weighted by molar-refractivity contribution is -0.133. The number of anilines is 1. The zero-order chi connectivity index (χ0) is 19.0. The minimum atomic E-state index is -0.254. The van der Waals surface area contributed by atoms with Crippen molar-refractivity contribution >= 4 is 32.7 Å². The molecule has 3 aromatic rings. The number of hydrogen-bond acceptors (Lipinski definition) is 5. The van der Waals surface area contributed by atoms with Crippen LogP contribution in [0.1, 0.15) is 12.8 Å². The van der Waals surface area contributed by atoms with Crippen LogP contribution in [0.25, 0.3) is 21.6 Å². The Morgan fingerprint density at radius 1 is 1.11 bits per heavy atom. The first-order valence-corrected chi connectivity index (χ1v) is 9.82. The molecule has 0 bridgehead atoms. The standard InChI is InChI=1S/C20H21FN4OS/c1-24(2)19(26)14-9-11-25(12-10-14)20-23-17-8-7-16(22-18(17)27-20)13-3-5-15(21)6-4-13/h3-8,14H,9-12H2,1-2H3. The van der Waals surface area contributed by atoms with E-state index in [0.29, 0.717) is 0 Å². The van der Waals surface area contributed by atoms with Gasteiger partial charge in [0.2, 0.25) is 5.91 Å². The third kappa shape index (κ3) is 3.64. The van der Waals surface area contributed by atoms with Crippen LogP contribution in [0.5, 0.6) is 0 Å². The number of hydrogen-bond donors (Lipinski definition) is 0. The summed E-state index contributed by atoms with van der Waals surface area (Å²) in [5.74, 6) is 0.0643. The number of amides is 1. The number of carbonyl (C=O) groups excluding carboxylic acids is 1. The molecule has 5 nitrogen and oxygen atoms in total. The van der Waals surface area contributed by atoms with Gasteiger partial charge in [-0.05, 0) is 49.2 Å². The summed E-state index contributed by atoms with van der Waals surface area (Å²) in [6.07, 6.45) is 1.70. The predicted molar refractivity (Wildman–Crippen MR) is 106 cm³/mol. The summed E-state index contributed by atoms with van der Waals surface area (Å²) in [4.78, 5) is 26.3. The van der Waals surface area contributed by atoms with Crippen LogP contribution in [0, 0.1) is 11.7 Å². The van der Waals surface area contributed by atoms with Crippen LogP contribution in [0.2, 0.25) is 0 Å². The van der Waals surface area contributed by atoms with Crippen LogP contribution in [-0.4, -0.2) is 48.0 Å². The fourth-order valence-electron chi connectivity index (χ4n) is 3.41. The van der Waals surface area contributed by atoms with Gasteiger partial charge < -0.3 is 9.80 Å². The zero-order valence-corrected chi connectivity index (χ0v) is 16.2. The van der Waals surface area contributed by atoms with E-state index < -0.39 is 0 Å². The van der Waals surface area contributed by atoms with Gasteiger partial charge >= 0.3 is 0 Å². The van der Waals surface area contributed by atoms with Gasteiger partial charge in [-0.15, -0.1) is 0 Å². The lowest BCUT2D eigenvalue weighted by Crippen LogP contribution is -2.40. The van der Waals surface area contributed by atoms with Gasteiger partial charge in [-0.2, -0.15) is 0 Å².